The Bertz CT molecular complexity index is 2210. The number of benzene rings is 6. The van der Waals surface area contributed by atoms with Gasteiger partial charge in [0.1, 0.15) is 0 Å². The zero-order valence-electron chi connectivity index (χ0n) is 29.1. The van der Waals surface area contributed by atoms with Gasteiger partial charge in [-0.3, -0.25) is 0 Å². The number of hydrogen-bond acceptors (Lipinski definition) is 0. The maximum atomic E-state index is 2.79. The van der Waals surface area contributed by atoms with E-state index in [0.29, 0.717) is 8.45 Å². The van der Waals surface area contributed by atoms with Gasteiger partial charge in [0.05, 0.1) is 0 Å². The fourth-order valence-electron chi connectivity index (χ4n) is 10.5. The van der Waals surface area contributed by atoms with Gasteiger partial charge in [0, 0.05) is 0 Å². The van der Waals surface area contributed by atoms with Crippen molar-refractivity contribution in [3.05, 3.63) is 166 Å². The van der Waals surface area contributed by atoms with E-state index in [0.717, 1.165) is 12.8 Å². The first kappa shape index (κ1) is 30.3. The molecule has 0 saturated heterocycles. The molecule has 0 aromatic heterocycles. The third kappa shape index (κ3) is 3.99. The van der Waals surface area contributed by atoms with Crippen LogP contribution in [0.25, 0.3) is 32.7 Å². The number of fused-ring (bicyclic) bond motifs is 2. The molecule has 0 radical (unpaired) electrons. The van der Waals surface area contributed by atoms with Gasteiger partial charge in [-0.25, -0.2) is 0 Å². The van der Waals surface area contributed by atoms with Crippen molar-refractivity contribution < 1.29 is 16.6 Å². The minimum atomic E-state index is -2.86. The molecule has 2 heteroatoms. The van der Waals surface area contributed by atoms with Crippen LogP contribution in [0, 0.1) is 0 Å². The van der Waals surface area contributed by atoms with E-state index in [4.69, 9.17) is 0 Å². The van der Waals surface area contributed by atoms with Gasteiger partial charge in [0.25, 0.3) is 0 Å². The normalized spacial score (nSPS) is 20.2. The molecule has 0 spiro atoms. The Hall–Kier alpha value is -3.75. The molecule has 3 aliphatic rings. The third-order valence-corrected chi connectivity index (χ3v) is 22.6. The first-order valence-electron chi connectivity index (χ1n) is 18.0. The molecule has 0 N–H and O–H groups in total. The second-order valence-electron chi connectivity index (χ2n) is 15.4. The van der Waals surface area contributed by atoms with Crippen molar-refractivity contribution in [2.45, 2.75) is 58.7 Å². The summed E-state index contributed by atoms with van der Waals surface area (Å²) >= 11 is -2.86. The second kappa shape index (κ2) is 10.9. The monoisotopic (exact) mass is 672 g/mol. The predicted octanol–water partition coefficient (Wildman–Crippen LogP) is 11.6. The van der Waals surface area contributed by atoms with E-state index in [-0.39, 0.29) is 0 Å². The Balaban J connectivity index is 1.44. The molecule has 2 atom stereocenters. The van der Waals surface area contributed by atoms with Crippen LogP contribution in [0.4, 0.5) is 0 Å². The standard InChI is InChI=1S/C44H38Si.2CH3.Ti/c1-5-29-27-33-19-13-25-39(43(33)41(29)37-23-11-17-31-15-7-9-21-35(31)37)45(3,4)40-26-14-20-34-28-30(6-2)42(44(34)40)38-24-12-18-32-16-8-10-22-36(32)38;;;/h7-28H,5-6H2,1-4H3;2*1H3;. The zero-order chi connectivity index (χ0) is 32.9. The van der Waals surface area contributed by atoms with Crippen LogP contribution in [-0.4, -0.2) is 8.07 Å². The van der Waals surface area contributed by atoms with Crippen LogP contribution < -0.4 is 10.4 Å². The fourth-order valence-corrected chi connectivity index (χ4v) is 21.3. The van der Waals surface area contributed by atoms with Crippen molar-refractivity contribution in [2.75, 3.05) is 0 Å². The molecule has 0 amide bonds. The summed E-state index contributed by atoms with van der Waals surface area (Å²) in [6.07, 6.45) is 2.18. The van der Waals surface area contributed by atoms with E-state index in [1.165, 1.54) is 32.7 Å². The fraction of sp³-hybridized carbons (Fsp3) is 0.217. The van der Waals surface area contributed by atoms with Crippen LogP contribution in [0.5, 0.6) is 0 Å². The van der Waals surface area contributed by atoms with Gasteiger partial charge in [-0.05, 0) is 0 Å². The molecule has 0 nitrogen and oxygen atoms in total. The van der Waals surface area contributed by atoms with E-state index in [1.807, 2.05) is 0 Å². The van der Waals surface area contributed by atoms with E-state index >= 15 is 0 Å². The molecule has 0 saturated carbocycles. The summed E-state index contributed by atoms with van der Waals surface area (Å²) < 4.78 is 1.02. The van der Waals surface area contributed by atoms with Crippen LogP contribution in [0.3, 0.4) is 0 Å². The first-order valence-corrected chi connectivity index (χ1v) is 25.9. The van der Waals surface area contributed by atoms with Crippen molar-refractivity contribution in [3.63, 3.8) is 0 Å². The molecule has 9 rings (SSSR count). The molecular formula is C46H44SiTi. The zero-order valence-corrected chi connectivity index (χ0v) is 31.7. The summed E-state index contributed by atoms with van der Waals surface area (Å²) in [6, 6.07) is 47.1. The Labute approximate surface area is 290 Å². The van der Waals surface area contributed by atoms with Gasteiger partial charge in [0.15, 0.2) is 0 Å². The number of rotatable bonds is 4. The second-order valence-corrected chi connectivity index (χ2v) is 27.2. The van der Waals surface area contributed by atoms with Crippen LogP contribution in [0.15, 0.2) is 132 Å². The van der Waals surface area contributed by atoms with Crippen LogP contribution >= 0.6 is 0 Å². The van der Waals surface area contributed by atoms with Crippen molar-refractivity contribution in [1.82, 2.24) is 0 Å². The van der Waals surface area contributed by atoms with Crippen molar-refractivity contribution >= 4 is 51.1 Å². The molecule has 2 unspecified atom stereocenters. The van der Waals surface area contributed by atoms with Gasteiger partial charge in [-0.15, -0.1) is 0 Å². The average molecular weight is 673 g/mol. The average Bonchev–Trinajstić information content (AvgIpc) is 3.64. The van der Waals surface area contributed by atoms with Gasteiger partial charge in [-0.2, -0.15) is 0 Å². The van der Waals surface area contributed by atoms with Crippen LogP contribution in [0.1, 0.15) is 68.5 Å². The molecule has 48 heavy (non-hydrogen) atoms. The molecular weight excluding hydrogens is 628 g/mol. The van der Waals surface area contributed by atoms with Gasteiger partial charge in [-0.1, -0.05) is 0 Å². The molecule has 236 valence electrons. The number of allylic oxidation sites excluding steroid dienone is 2. The summed E-state index contributed by atoms with van der Waals surface area (Å²) in [5, 5.41) is 14.3. The van der Waals surface area contributed by atoms with E-state index in [1.54, 1.807) is 54.9 Å². The molecule has 1 aliphatic heterocycles. The summed E-state index contributed by atoms with van der Waals surface area (Å²) in [7, 11) is -2.24. The molecule has 6 aromatic carbocycles. The summed E-state index contributed by atoms with van der Waals surface area (Å²) in [5.74, 6) is 0. The third-order valence-electron chi connectivity index (χ3n) is 12.4. The minimum absolute atomic E-state index is 0.511. The van der Waals surface area contributed by atoms with Crippen LogP contribution in [0.2, 0.25) is 23.6 Å². The van der Waals surface area contributed by atoms with E-state index < -0.39 is 24.7 Å². The van der Waals surface area contributed by atoms with Crippen molar-refractivity contribution in [3.8, 4) is 0 Å². The molecule has 0 fully saturated rings. The van der Waals surface area contributed by atoms with Crippen molar-refractivity contribution in [1.29, 1.82) is 0 Å². The first-order chi connectivity index (χ1) is 23.3. The molecule has 8 bridgehead atoms. The number of hydrogen-bond donors (Lipinski definition) is 0. The topological polar surface area (TPSA) is 0 Å². The van der Waals surface area contributed by atoms with Crippen molar-refractivity contribution in [2.24, 2.45) is 0 Å². The van der Waals surface area contributed by atoms with Gasteiger partial charge in [0.2, 0.25) is 0 Å². The summed E-state index contributed by atoms with van der Waals surface area (Å²) in [5.41, 5.74) is 15.9. The summed E-state index contributed by atoms with van der Waals surface area (Å²) in [4.78, 5) is 0. The van der Waals surface area contributed by atoms with Crippen LogP contribution in [-0.2, 0) is 16.6 Å². The SMILES string of the molecule is CCC1=C(c2cccc3ccccc23)c2c3cccc2[Si](C)(C)c2cccc4c2C(c2cccc5ccccc25)=C(CC)[CH]4[Ti]([CH3])([CH3])[CH]13. The molecule has 6 aromatic rings. The Morgan fingerprint density at radius 2 is 0.896 bits per heavy atom. The van der Waals surface area contributed by atoms with E-state index in [2.05, 4.69) is 159 Å². The van der Waals surface area contributed by atoms with Gasteiger partial charge < -0.3 is 0 Å². The molecule has 2 aliphatic carbocycles. The van der Waals surface area contributed by atoms with E-state index in [9.17, 15) is 0 Å². The Morgan fingerprint density at radius 1 is 0.500 bits per heavy atom. The quantitative estimate of drug-likeness (QED) is 0.164. The Morgan fingerprint density at radius 3 is 1.33 bits per heavy atom. The maximum absolute atomic E-state index is 2.86. The predicted molar refractivity (Wildman–Crippen MR) is 207 cm³/mol. The Kier molecular flexibility index (Phi) is 6.87. The summed E-state index contributed by atoms with van der Waals surface area (Å²) in [6.45, 7) is 10.2. The van der Waals surface area contributed by atoms with Gasteiger partial charge >= 0.3 is 292 Å². The molecule has 1 heterocycles.